The van der Waals surface area contributed by atoms with E-state index in [1.165, 1.54) is 10.6 Å². The molecule has 2 aromatic rings. The summed E-state index contributed by atoms with van der Waals surface area (Å²) in [5.74, 6) is -1.03. The van der Waals surface area contributed by atoms with E-state index in [0.29, 0.717) is 17.6 Å². The number of aromatic nitrogens is 2. The lowest BCUT2D eigenvalue weighted by atomic mass is 10.1. The number of rotatable bonds is 4. The van der Waals surface area contributed by atoms with Gasteiger partial charge in [0.2, 0.25) is 0 Å². The van der Waals surface area contributed by atoms with Gasteiger partial charge in [-0.2, -0.15) is 0 Å². The van der Waals surface area contributed by atoms with Gasteiger partial charge >= 0.3 is 11.7 Å². The van der Waals surface area contributed by atoms with Crippen LogP contribution in [0.25, 0.3) is 11.0 Å². The minimum atomic E-state index is -1.03. The molecule has 0 radical (unpaired) electrons. The number of hydrogen-bond donors (Lipinski definition) is 2. The van der Waals surface area contributed by atoms with Crippen LogP contribution in [0.2, 0.25) is 0 Å². The molecule has 1 unspecified atom stereocenters. The molecule has 0 amide bonds. The molecule has 1 aromatic carbocycles. The lowest BCUT2D eigenvalue weighted by Crippen LogP contribution is -2.29. The molecule has 0 bridgehead atoms. The highest BCUT2D eigenvalue weighted by Crippen LogP contribution is 2.19. The molecule has 2 rings (SSSR count). The lowest BCUT2D eigenvalue weighted by Gasteiger charge is -2.18. The molecule has 19 heavy (non-hydrogen) atoms. The molecule has 0 aliphatic carbocycles. The Morgan fingerprint density at radius 2 is 2.16 bits per heavy atom. The number of aromatic carboxylic acids is 1. The van der Waals surface area contributed by atoms with Crippen molar-refractivity contribution >= 4 is 17.0 Å². The molecule has 0 aliphatic rings. The van der Waals surface area contributed by atoms with Crippen molar-refractivity contribution in [1.82, 2.24) is 14.5 Å². The van der Waals surface area contributed by atoms with Crippen LogP contribution in [0, 0.1) is 0 Å². The van der Waals surface area contributed by atoms with E-state index in [2.05, 4.69) is 4.98 Å². The van der Waals surface area contributed by atoms with Gasteiger partial charge in [0.15, 0.2) is 0 Å². The Kier molecular flexibility index (Phi) is 3.44. The van der Waals surface area contributed by atoms with E-state index in [-0.39, 0.29) is 17.3 Å². The first kappa shape index (κ1) is 13.4. The summed E-state index contributed by atoms with van der Waals surface area (Å²) in [7, 11) is 3.82. The fourth-order valence-electron chi connectivity index (χ4n) is 2.38. The van der Waals surface area contributed by atoms with Crippen molar-refractivity contribution in [3.63, 3.8) is 0 Å². The van der Waals surface area contributed by atoms with Crippen LogP contribution in [0.15, 0.2) is 23.0 Å². The molecule has 2 N–H and O–H groups in total. The van der Waals surface area contributed by atoms with E-state index < -0.39 is 5.97 Å². The van der Waals surface area contributed by atoms with Crippen LogP contribution in [-0.2, 0) is 0 Å². The number of carbonyl (C=O) groups is 1. The molecular formula is C13H17N3O3. The SMILES string of the molecule is CC(CN(C)C)n1c(=O)[nH]c2cccc(C(=O)O)c21. The molecule has 102 valence electrons. The van der Waals surface area contributed by atoms with Gasteiger partial charge in [0.25, 0.3) is 0 Å². The summed E-state index contributed by atoms with van der Waals surface area (Å²) in [6.07, 6.45) is 0. The van der Waals surface area contributed by atoms with Crippen molar-refractivity contribution in [2.45, 2.75) is 13.0 Å². The summed E-state index contributed by atoms with van der Waals surface area (Å²) in [5, 5.41) is 9.24. The predicted octanol–water partition coefficient (Wildman–Crippen LogP) is 1.15. The Balaban J connectivity index is 2.69. The maximum absolute atomic E-state index is 12.0. The van der Waals surface area contributed by atoms with Crippen molar-refractivity contribution < 1.29 is 9.90 Å². The van der Waals surface area contributed by atoms with Crippen molar-refractivity contribution in [2.75, 3.05) is 20.6 Å². The van der Waals surface area contributed by atoms with E-state index in [1.807, 2.05) is 25.9 Å². The van der Waals surface area contributed by atoms with Gasteiger partial charge in [0.1, 0.15) is 0 Å². The molecule has 1 heterocycles. The summed E-state index contributed by atoms with van der Waals surface area (Å²) >= 11 is 0. The number of fused-ring (bicyclic) bond motifs is 1. The van der Waals surface area contributed by atoms with Gasteiger partial charge in [0.05, 0.1) is 16.6 Å². The minimum Gasteiger partial charge on any atom is -0.478 e. The molecule has 6 nitrogen and oxygen atoms in total. The Bertz CT molecular complexity index is 669. The zero-order chi connectivity index (χ0) is 14.2. The zero-order valence-electron chi connectivity index (χ0n) is 11.2. The highest BCUT2D eigenvalue weighted by molar-refractivity contribution is 6.01. The van der Waals surface area contributed by atoms with Gasteiger partial charge in [-0.15, -0.1) is 0 Å². The molecule has 0 saturated heterocycles. The maximum atomic E-state index is 12.0. The number of carboxylic acids is 1. The van der Waals surface area contributed by atoms with Crippen molar-refractivity contribution in [3.05, 3.63) is 34.2 Å². The van der Waals surface area contributed by atoms with Gasteiger partial charge in [-0.1, -0.05) is 6.07 Å². The fourth-order valence-corrected chi connectivity index (χ4v) is 2.38. The molecule has 0 aliphatic heterocycles. The fraction of sp³-hybridized carbons (Fsp3) is 0.385. The first-order valence-corrected chi connectivity index (χ1v) is 6.03. The Morgan fingerprint density at radius 3 is 2.74 bits per heavy atom. The molecule has 0 fully saturated rings. The monoisotopic (exact) mass is 263 g/mol. The Morgan fingerprint density at radius 1 is 1.47 bits per heavy atom. The lowest BCUT2D eigenvalue weighted by molar-refractivity contribution is 0.0698. The van der Waals surface area contributed by atoms with Crippen molar-refractivity contribution in [1.29, 1.82) is 0 Å². The summed E-state index contributed by atoms with van der Waals surface area (Å²) in [6.45, 7) is 2.55. The second-order valence-corrected chi connectivity index (χ2v) is 4.92. The van der Waals surface area contributed by atoms with E-state index >= 15 is 0 Å². The number of likely N-dealkylation sites (N-methyl/N-ethyl adjacent to an activating group) is 1. The van der Waals surface area contributed by atoms with Gasteiger partial charge in [-0.3, -0.25) is 4.57 Å². The molecule has 1 atom stereocenters. The standard InChI is InChI=1S/C13H17N3O3/c1-8(7-15(2)3)16-11-9(12(17)18)5-4-6-10(11)14-13(16)19/h4-6,8H,7H2,1-3H3,(H,14,19)(H,17,18). The second-order valence-electron chi connectivity index (χ2n) is 4.92. The average molecular weight is 263 g/mol. The van der Waals surface area contributed by atoms with Crippen molar-refractivity contribution in [2.24, 2.45) is 0 Å². The summed E-state index contributed by atoms with van der Waals surface area (Å²) in [6, 6.07) is 4.73. The normalized spacial score (nSPS) is 13.1. The second kappa shape index (κ2) is 4.89. The Labute approximate surface area is 110 Å². The van der Waals surface area contributed by atoms with Crippen LogP contribution in [0.3, 0.4) is 0 Å². The molecule has 6 heteroatoms. The van der Waals surface area contributed by atoms with E-state index in [4.69, 9.17) is 0 Å². The number of hydrogen-bond acceptors (Lipinski definition) is 3. The van der Waals surface area contributed by atoms with E-state index in [1.54, 1.807) is 12.1 Å². The zero-order valence-corrected chi connectivity index (χ0v) is 11.2. The number of para-hydroxylation sites is 1. The smallest absolute Gasteiger partial charge is 0.337 e. The van der Waals surface area contributed by atoms with Crippen LogP contribution in [-0.4, -0.2) is 46.2 Å². The topological polar surface area (TPSA) is 78.3 Å². The molecular weight excluding hydrogens is 246 g/mol. The average Bonchev–Trinajstić information content (AvgIpc) is 2.63. The third kappa shape index (κ3) is 2.39. The number of benzene rings is 1. The Hall–Kier alpha value is -2.08. The van der Waals surface area contributed by atoms with Crippen LogP contribution in [0.1, 0.15) is 23.3 Å². The molecule has 0 spiro atoms. The van der Waals surface area contributed by atoms with Crippen LogP contribution >= 0.6 is 0 Å². The number of aromatic amines is 1. The van der Waals surface area contributed by atoms with Gasteiger partial charge < -0.3 is 15.0 Å². The summed E-state index contributed by atoms with van der Waals surface area (Å²) < 4.78 is 1.51. The number of nitrogens with one attached hydrogen (secondary N) is 1. The molecule has 0 saturated carbocycles. The van der Waals surface area contributed by atoms with Crippen LogP contribution in [0.4, 0.5) is 0 Å². The van der Waals surface area contributed by atoms with E-state index in [0.717, 1.165) is 0 Å². The highest BCUT2D eigenvalue weighted by atomic mass is 16.4. The number of nitrogens with zero attached hydrogens (tertiary/aromatic N) is 2. The van der Waals surface area contributed by atoms with Crippen LogP contribution in [0.5, 0.6) is 0 Å². The first-order valence-electron chi connectivity index (χ1n) is 6.03. The van der Waals surface area contributed by atoms with Crippen molar-refractivity contribution in [3.8, 4) is 0 Å². The van der Waals surface area contributed by atoms with Gasteiger partial charge in [0, 0.05) is 12.6 Å². The summed E-state index contributed by atoms with van der Waals surface area (Å²) in [4.78, 5) is 28.0. The minimum absolute atomic E-state index is 0.114. The quantitative estimate of drug-likeness (QED) is 0.867. The third-order valence-corrected chi connectivity index (χ3v) is 3.04. The third-order valence-electron chi connectivity index (χ3n) is 3.04. The number of imidazole rings is 1. The van der Waals surface area contributed by atoms with E-state index in [9.17, 15) is 14.7 Å². The number of H-pyrrole nitrogens is 1. The highest BCUT2D eigenvalue weighted by Gasteiger charge is 2.19. The van der Waals surface area contributed by atoms with Gasteiger partial charge in [-0.05, 0) is 33.2 Å². The largest absolute Gasteiger partial charge is 0.478 e. The summed E-state index contributed by atoms with van der Waals surface area (Å²) in [5.41, 5.74) is 0.865. The molecule has 1 aromatic heterocycles. The number of carboxylic acid groups (broad SMARTS) is 1. The first-order chi connectivity index (χ1) is 8.91. The maximum Gasteiger partial charge on any atom is 0.337 e. The van der Waals surface area contributed by atoms with Crippen LogP contribution < -0.4 is 5.69 Å². The van der Waals surface area contributed by atoms with Gasteiger partial charge in [-0.25, -0.2) is 9.59 Å². The predicted molar refractivity (Wildman–Crippen MR) is 72.8 cm³/mol.